The van der Waals surface area contributed by atoms with Gasteiger partial charge in [-0.3, -0.25) is 9.79 Å². The number of carbonyl (C=O) groups is 1. The van der Waals surface area contributed by atoms with Crippen molar-refractivity contribution >= 4 is 11.9 Å². The zero-order valence-electron chi connectivity index (χ0n) is 13.4. The fourth-order valence-corrected chi connectivity index (χ4v) is 2.60. The van der Waals surface area contributed by atoms with E-state index in [1.165, 1.54) is 0 Å². The third-order valence-electron chi connectivity index (χ3n) is 3.93. The van der Waals surface area contributed by atoms with E-state index in [0.717, 1.165) is 38.3 Å². The molecule has 1 saturated carbocycles. The minimum Gasteiger partial charge on any atom is -0.472 e. The maximum Gasteiger partial charge on any atom is 0.239 e. The third-order valence-corrected chi connectivity index (χ3v) is 3.93. The third kappa shape index (κ3) is 4.58. The largest absolute Gasteiger partial charge is 0.472 e. The quantitative estimate of drug-likeness (QED) is 0.607. The standard InChI is InChI=1S/C16H23N5O2/c1-17-16(19-10-14(22)20-12-5-6-12)21-9-7-13(11-21)23-15-4-2-3-8-18-15/h2-4,8,12-13H,5-7,9-11H2,1H3,(H,17,19)(H,20,22). The molecule has 1 aromatic rings. The van der Waals surface area contributed by atoms with Crippen LogP contribution in [0.2, 0.25) is 0 Å². The molecular formula is C16H23N5O2. The Hall–Kier alpha value is -2.31. The van der Waals surface area contributed by atoms with Crippen molar-refractivity contribution in [1.29, 1.82) is 0 Å². The van der Waals surface area contributed by atoms with Gasteiger partial charge in [-0.1, -0.05) is 6.07 Å². The summed E-state index contributed by atoms with van der Waals surface area (Å²) in [6, 6.07) is 6.02. The van der Waals surface area contributed by atoms with Gasteiger partial charge in [-0.05, 0) is 18.9 Å². The number of guanidine groups is 1. The first-order valence-corrected chi connectivity index (χ1v) is 8.07. The summed E-state index contributed by atoms with van der Waals surface area (Å²) in [5.74, 6) is 1.41. The number of amides is 1. The van der Waals surface area contributed by atoms with Gasteiger partial charge in [-0.15, -0.1) is 0 Å². The van der Waals surface area contributed by atoms with Crippen molar-refractivity contribution in [1.82, 2.24) is 20.5 Å². The van der Waals surface area contributed by atoms with E-state index in [2.05, 4.69) is 25.5 Å². The second-order valence-electron chi connectivity index (χ2n) is 5.89. The van der Waals surface area contributed by atoms with Crippen molar-refractivity contribution in [3.05, 3.63) is 24.4 Å². The summed E-state index contributed by atoms with van der Waals surface area (Å²) < 4.78 is 5.87. The lowest BCUT2D eigenvalue weighted by atomic mass is 10.3. The maximum atomic E-state index is 11.8. The number of aromatic nitrogens is 1. The van der Waals surface area contributed by atoms with Gasteiger partial charge in [0.25, 0.3) is 0 Å². The van der Waals surface area contributed by atoms with Crippen LogP contribution in [0.5, 0.6) is 5.88 Å². The monoisotopic (exact) mass is 317 g/mol. The Morgan fingerprint density at radius 1 is 1.43 bits per heavy atom. The van der Waals surface area contributed by atoms with E-state index < -0.39 is 0 Å². The lowest BCUT2D eigenvalue weighted by Gasteiger charge is -2.21. The predicted octanol–water partition coefficient (Wildman–Crippen LogP) is 0.389. The molecule has 2 N–H and O–H groups in total. The molecule has 1 unspecified atom stereocenters. The summed E-state index contributed by atoms with van der Waals surface area (Å²) in [6.07, 6.45) is 4.91. The van der Waals surface area contributed by atoms with Gasteiger partial charge in [0.1, 0.15) is 6.10 Å². The molecule has 7 nitrogen and oxygen atoms in total. The van der Waals surface area contributed by atoms with Crippen LogP contribution in [-0.4, -0.2) is 60.6 Å². The van der Waals surface area contributed by atoms with Crippen LogP contribution in [0.1, 0.15) is 19.3 Å². The second kappa shape index (κ2) is 7.30. The van der Waals surface area contributed by atoms with Gasteiger partial charge in [-0.2, -0.15) is 0 Å². The molecule has 1 saturated heterocycles. The SMILES string of the molecule is CN=C(NCC(=O)NC1CC1)N1CCC(Oc2ccccn2)C1. The number of ether oxygens (including phenoxy) is 1. The molecule has 0 radical (unpaired) electrons. The van der Waals surface area contributed by atoms with Crippen LogP contribution in [0.3, 0.4) is 0 Å². The maximum absolute atomic E-state index is 11.8. The number of nitrogens with zero attached hydrogens (tertiary/aromatic N) is 3. The smallest absolute Gasteiger partial charge is 0.239 e. The summed E-state index contributed by atoms with van der Waals surface area (Å²) in [6.45, 7) is 1.84. The molecule has 1 aromatic heterocycles. The van der Waals surface area contributed by atoms with Gasteiger partial charge >= 0.3 is 0 Å². The zero-order chi connectivity index (χ0) is 16.1. The molecule has 1 aliphatic heterocycles. The number of hydrogen-bond donors (Lipinski definition) is 2. The predicted molar refractivity (Wildman–Crippen MR) is 87.4 cm³/mol. The fourth-order valence-electron chi connectivity index (χ4n) is 2.60. The minimum atomic E-state index is 0.0223. The van der Waals surface area contributed by atoms with Crippen LogP contribution in [0, 0.1) is 0 Å². The van der Waals surface area contributed by atoms with E-state index in [9.17, 15) is 4.79 Å². The van der Waals surface area contributed by atoms with E-state index in [0.29, 0.717) is 11.9 Å². The van der Waals surface area contributed by atoms with Gasteiger partial charge in [0.05, 0.1) is 13.1 Å². The zero-order valence-corrected chi connectivity index (χ0v) is 13.4. The van der Waals surface area contributed by atoms with E-state index in [-0.39, 0.29) is 18.6 Å². The molecule has 7 heteroatoms. The highest BCUT2D eigenvalue weighted by Crippen LogP contribution is 2.18. The number of pyridine rings is 1. The highest BCUT2D eigenvalue weighted by atomic mass is 16.5. The van der Waals surface area contributed by atoms with Crippen LogP contribution in [0.25, 0.3) is 0 Å². The van der Waals surface area contributed by atoms with Gasteiger partial charge in [-0.25, -0.2) is 4.98 Å². The van der Waals surface area contributed by atoms with Crippen LogP contribution >= 0.6 is 0 Å². The second-order valence-corrected chi connectivity index (χ2v) is 5.89. The molecule has 124 valence electrons. The van der Waals surface area contributed by atoms with Gasteiger partial charge < -0.3 is 20.3 Å². The Kier molecular flexibility index (Phi) is 4.95. The molecule has 23 heavy (non-hydrogen) atoms. The van der Waals surface area contributed by atoms with Crippen LogP contribution in [0.15, 0.2) is 29.4 Å². The number of hydrogen-bond acceptors (Lipinski definition) is 4. The first-order chi connectivity index (χ1) is 11.2. The van der Waals surface area contributed by atoms with Crippen molar-refractivity contribution in [2.24, 2.45) is 4.99 Å². The first kappa shape index (κ1) is 15.6. The highest BCUT2D eigenvalue weighted by Gasteiger charge is 2.27. The Morgan fingerprint density at radius 2 is 2.30 bits per heavy atom. The van der Waals surface area contributed by atoms with Gasteiger partial charge in [0, 0.05) is 38.3 Å². The lowest BCUT2D eigenvalue weighted by molar-refractivity contribution is -0.120. The van der Waals surface area contributed by atoms with Crippen LogP contribution in [0.4, 0.5) is 0 Å². The normalized spacial score (nSPS) is 21.2. The van der Waals surface area contributed by atoms with Crippen molar-refractivity contribution in [3.8, 4) is 5.88 Å². The summed E-state index contributed by atoms with van der Waals surface area (Å²) in [4.78, 5) is 22.3. The van der Waals surface area contributed by atoms with E-state index in [1.54, 1.807) is 13.2 Å². The Labute approximate surface area is 136 Å². The van der Waals surface area contributed by atoms with Gasteiger partial charge in [0.15, 0.2) is 5.96 Å². The Bertz CT molecular complexity index is 559. The fraction of sp³-hybridized carbons (Fsp3) is 0.562. The molecule has 0 aromatic carbocycles. The molecule has 1 amide bonds. The number of likely N-dealkylation sites (tertiary alicyclic amines) is 1. The average molecular weight is 317 g/mol. The molecule has 2 aliphatic rings. The number of carbonyl (C=O) groups excluding carboxylic acids is 1. The van der Waals surface area contributed by atoms with Crippen molar-refractivity contribution in [2.75, 3.05) is 26.7 Å². The number of aliphatic imine (C=N–C) groups is 1. The molecule has 3 rings (SSSR count). The Morgan fingerprint density at radius 3 is 3.00 bits per heavy atom. The lowest BCUT2D eigenvalue weighted by Crippen LogP contribution is -2.45. The summed E-state index contributed by atoms with van der Waals surface area (Å²) in [7, 11) is 1.73. The number of rotatable bonds is 5. The molecule has 1 aliphatic carbocycles. The van der Waals surface area contributed by atoms with Crippen LogP contribution in [-0.2, 0) is 4.79 Å². The summed E-state index contributed by atoms with van der Waals surface area (Å²) in [5, 5.41) is 6.08. The van der Waals surface area contributed by atoms with Crippen LogP contribution < -0.4 is 15.4 Å². The molecule has 2 fully saturated rings. The van der Waals surface area contributed by atoms with E-state index >= 15 is 0 Å². The number of nitrogens with one attached hydrogen (secondary N) is 2. The summed E-state index contributed by atoms with van der Waals surface area (Å²) in [5.41, 5.74) is 0. The average Bonchev–Trinajstić information content (AvgIpc) is 3.26. The molecule has 0 bridgehead atoms. The molecule has 2 heterocycles. The minimum absolute atomic E-state index is 0.0223. The summed E-state index contributed by atoms with van der Waals surface area (Å²) >= 11 is 0. The van der Waals surface area contributed by atoms with E-state index in [4.69, 9.17) is 4.74 Å². The molecule has 1 atom stereocenters. The molecular weight excluding hydrogens is 294 g/mol. The van der Waals surface area contributed by atoms with Gasteiger partial charge in [0.2, 0.25) is 11.8 Å². The van der Waals surface area contributed by atoms with Crippen molar-refractivity contribution in [2.45, 2.75) is 31.4 Å². The highest BCUT2D eigenvalue weighted by molar-refractivity contribution is 5.86. The van der Waals surface area contributed by atoms with Crippen molar-refractivity contribution in [3.63, 3.8) is 0 Å². The molecule has 0 spiro atoms. The topological polar surface area (TPSA) is 78.9 Å². The van der Waals surface area contributed by atoms with E-state index in [1.807, 2.05) is 18.2 Å². The Balaban J connectivity index is 1.45. The van der Waals surface area contributed by atoms with Crippen molar-refractivity contribution < 1.29 is 9.53 Å². The first-order valence-electron chi connectivity index (χ1n) is 8.07.